The van der Waals surface area contributed by atoms with Crippen LogP contribution in [0.4, 0.5) is 5.69 Å². The largest absolute Gasteiger partial charge is 0.325 e. The predicted molar refractivity (Wildman–Crippen MR) is 96.6 cm³/mol. The predicted octanol–water partition coefficient (Wildman–Crippen LogP) is 4.49. The summed E-state index contributed by atoms with van der Waals surface area (Å²) in [5.74, 6) is 0.525. The molecular formula is C20H26N2O. The molecule has 0 spiro atoms. The summed E-state index contributed by atoms with van der Waals surface area (Å²) in [6, 6.07) is 18.4. The number of nitrogens with one attached hydrogen (secondary N) is 2. The van der Waals surface area contributed by atoms with Gasteiger partial charge in [0, 0.05) is 11.7 Å². The molecule has 3 nitrogen and oxygen atoms in total. The van der Waals surface area contributed by atoms with Gasteiger partial charge < -0.3 is 10.6 Å². The van der Waals surface area contributed by atoms with E-state index in [4.69, 9.17) is 0 Å². The maximum absolute atomic E-state index is 12.0. The van der Waals surface area contributed by atoms with Gasteiger partial charge in [0.25, 0.3) is 0 Å². The molecule has 2 aromatic rings. The van der Waals surface area contributed by atoms with Crippen LogP contribution < -0.4 is 10.6 Å². The molecule has 2 rings (SSSR count). The van der Waals surface area contributed by atoms with Crippen LogP contribution in [0.5, 0.6) is 0 Å². The second kappa shape index (κ2) is 8.49. The molecule has 0 bridgehead atoms. The SMILES string of the molecule is CC[C@@H](C)c1ccc(NC(=O)CN[C@H](C)c2ccccc2)cc1. The lowest BCUT2D eigenvalue weighted by Gasteiger charge is -2.14. The van der Waals surface area contributed by atoms with Gasteiger partial charge in [0.05, 0.1) is 6.54 Å². The Morgan fingerprint density at radius 1 is 0.957 bits per heavy atom. The van der Waals surface area contributed by atoms with Crippen LogP contribution in [0.15, 0.2) is 54.6 Å². The zero-order valence-electron chi connectivity index (χ0n) is 14.2. The first-order valence-corrected chi connectivity index (χ1v) is 8.28. The summed E-state index contributed by atoms with van der Waals surface area (Å²) < 4.78 is 0. The third kappa shape index (κ3) is 5.22. The molecule has 3 heteroatoms. The van der Waals surface area contributed by atoms with Crippen LogP contribution in [0.1, 0.15) is 50.3 Å². The van der Waals surface area contributed by atoms with E-state index in [1.807, 2.05) is 30.3 Å². The Kier molecular flexibility index (Phi) is 6.36. The third-order valence-electron chi connectivity index (χ3n) is 4.24. The van der Waals surface area contributed by atoms with Crippen LogP contribution in [-0.4, -0.2) is 12.5 Å². The third-order valence-corrected chi connectivity index (χ3v) is 4.24. The van der Waals surface area contributed by atoms with Crippen molar-refractivity contribution in [1.82, 2.24) is 5.32 Å². The van der Waals surface area contributed by atoms with Crippen LogP contribution in [-0.2, 0) is 4.79 Å². The molecule has 0 aromatic heterocycles. The number of rotatable bonds is 7. The highest BCUT2D eigenvalue weighted by Crippen LogP contribution is 2.20. The Morgan fingerprint density at radius 3 is 2.22 bits per heavy atom. The van der Waals surface area contributed by atoms with E-state index in [2.05, 4.69) is 55.7 Å². The van der Waals surface area contributed by atoms with Crippen LogP contribution in [0.3, 0.4) is 0 Å². The summed E-state index contributed by atoms with van der Waals surface area (Å²) >= 11 is 0. The van der Waals surface area contributed by atoms with Crippen LogP contribution >= 0.6 is 0 Å². The molecule has 0 unspecified atom stereocenters. The van der Waals surface area contributed by atoms with Gasteiger partial charge in [-0.25, -0.2) is 0 Å². The van der Waals surface area contributed by atoms with Gasteiger partial charge in [-0.15, -0.1) is 0 Å². The van der Waals surface area contributed by atoms with Gasteiger partial charge in [0.1, 0.15) is 0 Å². The van der Waals surface area contributed by atoms with E-state index in [-0.39, 0.29) is 11.9 Å². The number of benzene rings is 2. The monoisotopic (exact) mass is 310 g/mol. The Bertz CT molecular complexity index is 607. The van der Waals surface area contributed by atoms with Gasteiger partial charge in [0.2, 0.25) is 5.91 Å². The molecule has 0 radical (unpaired) electrons. The zero-order chi connectivity index (χ0) is 16.7. The Hall–Kier alpha value is -2.13. The van der Waals surface area contributed by atoms with Gasteiger partial charge in [-0.1, -0.05) is 56.3 Å². The second-order valence-corrected chi connectivity index (χ2v) is 5.99. The highest BCUT2D eigenvalue weighted by atomic mass is 16.1. The first kappa shape index (κ1) is 17.2. The molecule has 0 heterocycles. The van der Waals surface area contributed by atoms with Crippen molar-refractivity contribution in [3.63, 3.8) is 0 Å². The van der Waals surface area contributed by atoms with E-state index in [9.17, 15) is 4.79 Å². The lowest BCUT2D eigenvalue weighted by molar-refractivity contribution is -0.115. The number of hydrogen-bond donors (Lipinski definition) is 2. The summed E-state index contributed by atoms with van der Waals surface area (Å²) in [6.07, 6.45) is 1.12. The highest BCUT2D eigenvalue weighted by Gasteiger charge is 2.08. The van der Waals surface area contributed by atoms with Gasteiger partial charge in [-0.2, -0.15) is 0 Å². The van der Waals surface area contributed by atoms with E-state index >= 15 is 0 Å². The average Bonchev–Trinajstić information content (AvgIpc) is 2.60. The maximum Gasteiger partial charge on any atom is 0.238 e. The van der Waals surface area contributed by atoms with E-state index in [0.29, 0.717) is 12.5 Å². The molecule has 0 saturated carbocycles. The molecule has 0 saturated heterocycles. The van der Waals surface area contributed by atoms with Crippen LogP contribution in [0.25, 0.3) is 0 Å². The van der Waals surface area contributed by atoms with Crippen LogP contribution in [0.2, 0.25) is 0 Å². The van der Waals surface area contributed by atoms with E-state index in [1.54, 1.807) is 0 Å². The number of hydrogen-bond acceptors (Lipinski definition) is 2. The van der Waals surface area contributed by atoms with Crippen molar-refractivity contribution in [2.45, 2.75) is 39.2 Å². The van der Waals surface area contributed by atoms with Crippen molar-refractivity contribution in [3.05, 3.63) is 65.7 Å². The van der Waals surface area contributed by atoms with E-state index in [0.717, 1.165) is 12.1 Å². The Labute approximate surface area is 139 Å². The fraction of sp³-hybridized carbons (Fsp3) is 0.350. The van der Waals surface area contributed by atoms with Crippen molar-refractivity contribution >= 4 is 11.6 Å². The molecule has 23 heavy (non-hydrogen) atoms. The molecule has 0 fully saturated rings. The van der Waals surface area contributed by atoms with Crippen molar-refractivity contribution in [1.29, 1.82) is 0 Å². The zero-order valence-corrected chi connectivity index (χ0v) is 14.2. The first-order valence-electron chi connectivity index (χ1n) is 8.28. The maximum atomic E-state index is 12.0. The average molecular weight is 310 g/mol. The number of carbonyl (C=O) groups excluding carboxylic acids is 1. The van der Waals surface area contributed by atoms with Crippen molar-refractivity contribution in [2.24, 2.45) is 0 Å². The summed E-state index contributed by atoms with van der Waals surface area (Å²) in [4.78, 5) is 12.0. The van der Waals surface area contributed by atoms with Crippen molar-refractivity contribution < 1.29 is 4.79 Å². The Balaban J connectivity index is 1.83. The lowest BCUT2D eigenvalue weighted by atomic mass is 9.99. The van der Waals surface area contributed by atoms with Gasteiger partial charge >= 0.3 is 0 Å². The molecule has 0 aliphatic heterocycles. The topological polar surface area (TPSA) is 41.1 Å². The quantitative estimate of drug-likeness (QED) is 0.791. The number of amides is 1. The van der Waals surface area contributed by atoms with Gasteiger partial charge in [-0.05, 0) is 42.5 Å². The van der Waals surface area contributed by atoms with E-state index < -0.39 is 0 Å². The minimum absolute atomic E-state index is 0.0240. The number of anilines is 1. The van der Waals surface area contributed by atoms with Gasteiger partial charge in [0.15, 0.2) is 0 Å². The smallest absolute Gasteiger partial charge is 0.238 e. The Morgan fingerprint density at radius 2 is 1.61 bits per heavy atom. The normalized spacial score (nSPS) is 13.3. The van der Waals surface area contributed by atoms with Crippen molar-refractivity contribution in [2.75, 3.05) is 11.9 Å². The van der Waals surface area contributed by atoms with Crippen molar-refractivity contribution in [3.8, 4) is 0 Å². The summed E-state index contributed by atoms with van der Waals surface area (Å²) in [5, 5.41) is 6.18. The molecule has 0 aliphatic carbocycles. The molecule has 1 amide bonds. The second-order valence-electron chi connectivity index (χ2n) is 5.99. The molecule has 2 atom stereocenters. The minimum Gasteiger partial charge on any atom is -0.325 e. The van der Waals surface area contributed by atoms with Crippen LogP contribution in [0, 0.1) is 0 Å². The molecule has 2 aromatic carbocycles. The minimum atomic E-state index is -0.0240. The first-order chi connectivity index (χ1) is 11.1. The molecule has 0 aliphatic rings. The highest BCUT2D eigenvalue weighted by molar-refractivity contribution is 5.92. The fourth-order valence-corrected chi connectivity index (χ4v) is 2.44. The lowest BCUT2D eigenvalue weighted by Crippen LogP contribution is -2.30. The molecule has 122 valence electrons. The molecular weight excluding hydrogens is 284 g/mol. The van der Waals surface area contributed by atoms with Gasteiger partial charge in [-0.3, -0.25) is 4.79 Å². The fourth-order valence-electron chi connectivity index (χ4n) is 2.44. The molecule has 2 N–H and O–H groups in total. The summed E-state index contributed by atoms with van der Waals surface area (Å²) in [5.41, 5.74) is 3.33. The number of carbonyl (C=O) groups is 1. The van der Waals surface area contributed by atoms with E-state index in [1.165, 1.54) is 11.1 Å². The summed E-state index contributed by atoms with van der Waals surface area (Å²) in [7, 11) is 0. The summed E-state index contributed by atoms with van der Waals surface area (Å²) in [6.45, 7) is 6.75. The standard InChI is InChI=1S/C20H26N2O/c1-4-15(2)17-10-12-19(13-11-17)22-20(23)14-21-16(3)18-8-6-5-7-9-18/h5-13,15-16,21H,4,14H2,1-3H3,(H,22,23)/t15-,16-/m1/s1.